The molecule has 5 nitrogen and oxygen atoms in total. The van der Waals surface area contributed by atoms with E-state index in [0.717, 1.165) is 35.6 Å². The minimum atomic E-state index is 0.172. The minimum absolute atomic E-state index is 0.172. The summed E-state index contributed by atoms with van der Waals surface area (Å²) in [6, 6.07) is 8.02. The van der Waals surface area contributed by atoms with Gasteiger partial charge in [0.2, 0.25) is 5.91 Å². The van der Waals surface area contributed by atoms with E-state index in [2.05, 4.69) is 10.4 Å². The summed E-state index contributed by atoms with van der Waals surface area (Å²) >= 11 is 0. The van der Waals surface area contributed by atoms with E-state index in [-0.39, 0.29) is 11.8 Å². The lowest BCUT2D eigenvalue weighted by atomic mass is 10.1. The zero-order valence-electron chi connectivity index (χ0n) is 12.7. The Hall–Kier alpha value is -2.30. The van der Waals surface area contributed by atoms with Crippen LogP contribution < -0.4 is 10.2 Å². The Bertz CT molecular complexity index is 715. The second-order valence-corrected chi connectivity index (χ2v) is 6.19. The Morgan fingerprint density at radius 1 is 1.27 bits per heavy atom. The number of aromatic nitrogens is 2. The van der Waals surface area contributed by atoms with E-state index in [1.165, 1.54) is 12.8 Å². The number of hydrogen-bond donors (Lipinski definition) is 1. The molecule has 1 fully saturated rings. The van der Waals surface area contributed by atoms with Gasteiger partial charge >= 0.3 is 0 Å². The number of para-hydroxylation sites is 2. The predicted octanol–water partition coefficient (Wildman–Crippen LogP) is 3.20. The van der Waals surface area contributed by atoms with Crippen LogP contribution in [0.5, 0.6) is 0 Å². The molecule has 2 aliphatic rings. The molecule has 1 aliphatic heterocycles. The first kappa shape index (κ1) is 13.4. The molecular formula is C17H20N4O. The first-order valence-corrected chi connectivity index (χ1v) is 7.92. The number of rotatable bonds is 1. The summed E-state index contributed by atoms with van der Waals surface area (Å²) in [5.41, 5.74) is 3.00. The maximum atomic E-state index is 13.0. The molecule has 1 aromatic heterocycles. The molecular weight excluding hydrogens is 276 g/mol. The Balaban J connectivity index is 1.78. The van der Waals surface area contributed by atoms with Gasteiger partial charge in [0.15, 0.2) is 0 Å². The highest BCUT2D eigenvalue weighted by Gasteiger charge is 2.31. The second-order valence-electron chi connectivity index (χ2n) is 6.19. The van der Waals surface area contributed by atoms with Crippen LogP contribution in [-0.4, -0.2) is 15.7 Å². The van der Waals surface area contributed by atoms with Gasteiger partial charge in [0.25, 0.3) is 0 Å². The van der Waals surface area contributed by atoms with Gasteiger partial charge in [-0.2, -0.15) is 5.10 Å². The maximum Gasteiger partial charge on any atom is 0.230 e. The van der Waals surface area contributed by atoms with E-state index in [4.69, 9.17) is 0 Å². The highest BCUT2D eigenvalue weighted by Crippen LogP contribution is 2.37. The monoisotopic (exact) mass is 296 g/mol. The van der Waals surface area contributed by atoms with Gasteiger partial charge in [0, 0.05) is 18.5 Å². The maximum absolute atomic E-state index is 13.0. The van der Waals surface area contributed by atoms with Crippen molar-refractivity contribution in [2.75, 3.05) is 10.2 Å². The molecule has 1 aromatic carbocycles. The van der Waals surface area contributed by atoms with Crippen molar-refractivity contribution in [3.8, 4) is 0 Å². The van der Waals surface area contributed by atoms with Crippen LogP contribution in [0.25, 0.3) is 0 Å². The van der Waals surface area contributed by atoms with Gasteiger partial charge in [-0.25, -0.2) is 0 Å². The van der Waals surface area contributed by atoms with Crippen LogP contribution in [0, 0.1) is 5.92 Å². The lowest BCUT2D eigenvalue weighted by molar-refractivity contribution is -0.122. The first-order valence-electron chi connectivity index (χ1n) is 7.92. The molecule has 2 heterocycles. The third-order valence-electron chi connectivity index (χ3n) is 4.76. The zero-order chi connectivity index (χ0) is 15.1. The number of nitrogens with zero attached hydrogens (tertiary/aromatic N) is 3. The average Bonchev–Trinajstić information content (AvgIpc) is 3.14. The molecule has 0 radical (unpaired) electrons. The average molecular weight is 296 g/mol. The summed E-state index contributed by atoms with van der Waals surface area (Å²) in [4.78, 5) is 14.9. The molecule has 1 N–H and O–H groups in total. The molecule has 5 heteroatoms. The fourth-order valence-electron chi connectivity index (χ4n) is 3.55. The third-order valence-corrected chi connectivity index (χ3v) is 4.76. The van der Waals surface area contributed by atoms with Crippen molar-refractivity contribution < 1.29 is 4.79 Å². The summed E-state index contributed by atoms with van der Waals surface area (Å²) in [7, 11) is 1.92. The van der Waals surface area contributed by atoms with Crippen molar-refractivity contribution >= 4 is 23.1 Å². The molecule has 1 amide bonds. The van der Waals surface area contributed by atoms with Crippen LogP contribution in [0.1, 0.15) is 31.2 Å². The topological polar surface area (TPSA) is 50.2 Å². The molecule has 0 atom stereocenters. The highest BCUT2D eigenvalue weighted by atomic mass is 16.2. The lowest BCUT2D eigenvalue weighted by Gasteiger charge is -2.25. The van der Waals surface area contributed by atoms with Crippen molar-refractivity contribution in [1.82, 2.24) is 9.78 Å². The SMILES string of the molecule is Cn1ncc2c1Nc1ccccc1N(C(=O)C1CCCC1)C2. The van der Waals surface area contributed by atoms with E-state index < -0.39 is 0 Å². The Morgan fingerprint density at radius 3 is 2.86 bits per heavy atom. The predicted molar refractivity (Wildman–Crippen MR) is 86.1 cm³/mol. The molecule has 114 valence electrons. The molecule has 0 saturated heterocycles. The number of nitrogens with one attached hydrogen (secondary N) is 1. The standard InChI is InChI=1S/C17H20N4O/c1-20-16-13(10-18-20)11-21(17(22)12-6-2-3-7-12)15-9-5-4-8-14(15)19-16/h4-5,8-10,12,19H,2-3,6-7,11H2,1H3. The van der Waals surface area contributed by atoms with Crippen LogP contribution in [0.2, 0.25) is 0 Å². The summed E-state index contributed by atoms with van der Waals surface area (Å²) in [5, 5.41) is 7.75. The highest BCUT2D eigenvalue weighted by molar-refractivity contribution is 5.99. The Kier molecular flexibility index (Phi) is 3.13. The first-order chi connectivity index (χ1) is 10.7. The molecule has 0 unspecified atom stereocenters. The largest absolute Gasteiger partial charge is 0.338 e. The van der Waals surface area contributed by atoms with Gasteiger partial charge in [-0.1, -0.05) is 25.0 Å². The molecule has 22 heavy (non-hydrogen) atoms. The Morgan fingerprint density at radius 2 is 2.05 bits per heavy atom. The van der Waals surface area contributed by atoms with Crippen molar-refractivity contribution in [1.29, 1.82) is 0 Å². The molecule has 4 rings (SSSR count). The number of anilines is 3. The second kappa shape index (κ2) is 5.16. The number of carbonyl (C=O) groups excluding carboxylic acids is 1. The minimum Gasteiger partial charge on any atom is -0.338 e. The van der Waals surface area contributed by atoms with Gasteiger partial charge in [-0.15, -0.1) is 0 Å². The lowest BCUT2D eigenvalue weighted by Crippen LogP contribution is -2.34. The molecule has 0 spiro atoms. The number of amides is 1. The van der Waals surface area contributed by atoms with Gasteiger partial charge in [-0.3, -0.25) is 9.48 Å². The smallest absolute Gasteiger partial charge is 0.230 e. The van der Waals surface area contributed by atoms with Crippen LogP contribution in [0.4, 0.5) is 17.2 Å². The van der Waals surface area contributed by atoms with Gasteiger partial charge < -0.3 is 10.2 Å². The van der Waals surface area contributed by atoms with Crippen LogP contribution in [-0.2, 0) is 18.4 Å². The van der Waals surface area contributed by atoms with Gasteiger partial charge in [0.05, 0.1) is 24.1 Å². The van der Waals surface area contributed by atoms with Crippen molar-refractivity contribution in [3.63, 3.8) is 0 Å². The number of aryl methyl sites for hydroxylation is 1. The van der Waals surface area contributed by atoms with Crippen molar-refractivity contribution in [2.24, 2.45) is 13.0 Å². The zero-order valence-corrected chi connectivity index (χ0v) is 12.7. The van der Waals surface area contributed by atoms with E-state index >= 15 is 0 Å². The number of carbonyl (C=O) groups is 1. The Labute approximate surface area is 129 Å². The summed E-state index contributed by atoms with van der Waals surface area (Å²) < 4.78 is 1.83. The fourth-order valence-corrected chi connectivity index (χ4v) is 3.55. The number of hydrogen-bond acceptors (Lipinski definition) is 3. The van der Waals surface area contributed by atoms with Crippen LogP contribution in [0.15, 0.2) is 30.5 Å². The quantitative estimate of drug-likeness (QED) is 0.879. The van der Waals surface area contributed by atoms with E-state index in [1.807, 2.05) is 47.1 Å². The normalized spacial score (nSPS) is 17.6. The van der Waals surface area contributed by atoms with Crippen LogP contribution in [0.3, 0.4) is 0 Å². The molecule has 1 aliphatic carbocycles. The summed E-state index contributed by atoms with van der Waals surface area (Å²) in [6.07, 6.45) is 6.23. The van der Waals surface area contributed by atoms with E-state index in [1.54, 1.807) is 0 Å². The summed E-state index contributed by atoms with van der Waals surface area (Å²) in [6.45, 7) is 0.586. The van der Waals surface area contributed by atoms with Crippen LogP contribution >= 0.6 is 0 Å². The summed E-state index contributed by atoms with van der Waals surface area (Å²) in [5.74, 6) is 1.39. The molecule has 2 aromatic rings. The fraction of sp³-hybridized carbons (Fsp3) is 0.412. The number of fused-ring (bicyclic) bond motifs is 2. The van der Waals surface area contributed by atoms with Gasteiger partial charge in [-0.05, 0) is 25.0 Å². The van der Waals surface area contributed by atoms with E-state index in [9.17, 15) is 4.79 Å². The van der Waals surface area contributed by atoms with Crippen molar-refractivity contribution in [2.45, 2.75) is 32.2 Å². The molecule has 0 bridgehead atoms. The van der Waals surface area contributed by atoms with E-state index in [0.29, 0.717) is 6.54 Å². The van der Waals surface area contributed by atoms with Crippen molar-refractivity contribution in [3.05, 3.63) is 36.0 Å². The third kappa shape index (κ3) is 2.08. The molecule has 1 saturated carbocycles. The number of benzene rings is 1. The van der Waals surface area contributed by atoms with Gasteiger partial charge in [0.1, 0.15) is 5.82 Å².